The van der Waals surface area contributed by atoms with Crippen LogP contribution in [0, 0.1) is 5.41 Å². The quantitative estimate of drug-likeness (QED) is 0.856. The lowest BCUT2D eigenvalue weighted by Gasteiger charge is -2.26. The molecule has 0 saturated heterocycles. The normalized spacial score (nSPS) is 21.3. The molecule has 0 aliphatic carbocycles. The van der Waals surface area contributed by atoms with Gasteiger partial charge in [-0.3, -0.25) is 0 Å². The molecule has 6 heteroatoms. The smallest absolute Gasteiger partial charge is 0.363 e. The molecule has 1 N–H and O–H groups in total. The maximum Gasteiger partial charge on any atom is 0.363 e. The number of esters is 1. The molecule has 126 valence electrons. The lowest BCUT2D eigenvalue weighted by molar-refractivity contribution is -0.162. The first kappa shape index (κ1) is 17.8. The monoisotopic (exact) mass is 338 g/mol. The molecule has 1 aromatic carbocycles. The number of aliphatic imine (C=N–C) groups is 1. The minimum atomic E-state index is -1.86. The molecule has 0 amide bonds. The number of β-amino-alcohol motifs (C(OH)–C–C–N with tert-alkyl or cyclic N) is 1. The van der Waals surface area contributed by atoms with Gasteiger partial charge in [0.15, 0.2) is 0 Å². The lowest BCUT2D eigenvalue weighted by atomic mass is 9.91. The molecule has 0 spiro atoms. The van der Waals surface area contributed by atoms with Crippen LogP contribution in [0.4, 0.5) is 5.69 Å². The van der Waals surface area contributed by atoms with Crippen LogP contribution in [-0.2, 0) is 9.53 Å². The van der Waals surface area contributed by atoms with E-state index in [1.54, 1.807) is 19.1 Å². The van der Waals surface area contributed by atoms with Gasteiger partial charge in [-0.1, -0.05) is 32.4 Å². The first-order chi connectivity index (χ1) is 10.6. The molecular weight excluding hydrogens is 316 g/mol. The van der Waals surface area contributed by atoms with E-state index in [9.17, 15) is 9.90 Å². The Balaban J connectivity index is 2.35. The van der Waals surface area contributed by atoms with Gasteiger partial charge in [0.1, 0.15) is 5.84 Å². The zero-order valence-corrected chi connectivity index (χ0v) is 14.7. The molecule has 5 nitrogen and oxygen atoms in total. The number of ether oxygens (including phenoxy) is 1. The molecule has 1 aliphatic rings. The molecule has 1 aromatic rings. The van der Waals surface area contributed by atoms with E-state index >= 15 is 0 Å². The van der Waals surface area contributed by atoms with E-state index in [0.717, 1.165) is 5.69 Å². The van der Waals surface area contributed by atoms with Crippen LogP contribution in [0.3, 0.4) is 0 Å². The van der Waals surface area contributed by atoms with Crippen LogP contribution >= 0.6 is 11.6 Å². The number of amidine groups is 1. The standard InChI is InChI=1S/C17H23ClN2O3/c1-5-23-15(21)17(22)11-20(13-8-6-12(18)7-9-13)14(19-17)10-16(2,3)4/h6-9,22H,5,10-11H2,1-4H3. The number of rotatable bonds is 4. The second-order valence-corrected chi connectivity index (χ2v) is 7.30. The highest BCUT2D eigenvalue weighted by atomic mass is 35.5. The van der Waals surface area contributed by atoms with E-state index in [-0.39, 0.29) is 18.6 Å². The third-order valence-corrected chi connectivity index (χ3v) is 3.69. The molecule has 1 atom stereocenters. The topological polar surface area (TPSA) is 62.1 Å². The predicted molar refractivity (Wildman–Crippen MR) is 91.9 cm³/mol. The summed E-state index contributed by atoms with van der Waals surface area (Å²) in [6, 6.07) is 7.23. The van der Waals surface area contributed by atoms with Gasteiger partial charge in [0.05, 0.1) is 13.2 Å². The van der Waals surface area contributed by atoms with Crippen molar-refractivity contribution in [1.82, 2.24) is 0 Å². The Labute approximate surface area is 141 Å². The maximum absolute atomic E-state index is 12.1. The molecule has 0 fully saturated rings. The largest absolute Gasteiger partial charge is 0.462 e. The molecule has 1 heterocycles. The van der Waals surface area contributed by atoms with Crippen molar-refractivity contribution in [3.63, 3.8) is 0 Å². The van der Waals surface area contributed by atoms with Crippen LogP contribution in [0.2, 0.25) is 5.02 Å². The van der Waals surface area contributed by atoms with Crippen LogP contribution in [0.1, 0.15) is 34.1 Å². The zero-order chi connectivity index (χ0) is 17.3. The fraction of sp³-hybridized carbons (Fsp3) is 0.529. The number of nitrogens with zero attached hydrogens (tertiary/aromatic N) is 2. The molecular formula is C17H23ClN2O3. The number of anilines is 1. The average Bonchev–Trinajstić information content (AvgIpc) is 2.76. The van der Waals surface area contributed by atoms with Crippen LogP contribution in [-0.4, -0.2) is 35.8 Å². The molecule has 0 bridgehead atoms. The van der Waals surface area contributed by atoms with Gasteiger partial charge >= 0.3 is 5.97 Å². The van der Waals surface area contributed by atoms with Crippen molar-refractivity contribution in [3.8, 4) is 0 Å². The maximum atomic E-state index is 12.1. The second kappa shape index (κ2) is 6.49. The Kier molecular flexibility index (Phi) is 5.01. The highest BCUT2D eigenvalue weighted by molar-refractivity contribution is 6.30. The highest BCUT2D eigenvalue weighted by Crippen LogP contribution is 2.32. The van der Waals surface area contributed by atoms with E-state index in [1.807, 2.05) is 17.0 Å². The van der Waals surface area contributed by atoms with Gasteiger partial charge in [0.25, 0.3) is 5.72 Å². The van der Waals surface area contributed by atoms with Gasteiger partial charge in [-0.05, 0) is 36.6 Å². The van der Waals surface area contributed by atoms with Crippen LogP contribution in [0.5, 0.6) is 0 Å². The van der Waals surface area contributed by atoms with E-state index in [2.05, 4.69) is 25.8 Å². The summed E-state index contributed by atoms with van der Waals surface area (Å²) in [4.78, 5) is 18.2. The van der Waals surface area contributed by atoms with Crippen molar-refractivity contribution < 1.29 is 14.6 Å². The Morgan fingerprint density at radius 1 is 1.39 bits per heavy atom. The minimum Gasteiger partial charge on any atom is -0.462 e. The minimum absolute atomic E-state index is 0.0383. The van der Waals surface area contributed by atoms with Gasteiger partial charge < -0.3 is 14.7 Å². The Morgan fingerprint density at radius 2 is 2.00 bits per heavy atom. The number of aliphatic hydroxyl groups is 1. The van der Waals surface area contributed by atoms with E-state index in [0.29, 0.717) is 17.3 Å². The first-order valence-corrected chi connectivity index (χ1v) is 8.04. The third kappa shape index (κ3) is 4.24. The fourth-order valence-corrected chi connectivity index (χ4v) is 2.57. The Hall–Kier alpha value is -1.59. The van der Waals surface area contributed by atoms with Crippen LogP contribution in [0.15, 0.2) is 29.3 Å². The second-order valence-electron chi connectivity index (χ2n) is 6.87. The summed E-state index contributed by atoms with van der Waals surface area (Å²) < 4.78 is 4.97. The zero-order valence-electron chi connectivity index (χ0n) is 14.0. The summed E-state index contributed by atoms with van der Waals surface area (Å²) in [6.45, 7) is 8.18. The van der Waals surface area contributed by atoms with Gasteiger partial charge in [-0.2, -0.15) is 0 Å². The summed E-state index contributed by atoms with van der Waals surface area (Å²) in [6.07, 6.45) is 0.622. The van der Waals surface area contributed by atoms with Crippen molar-refractivity contribution >= 4 is 29.1 Å². The lowest BCUT2D eigenvalue weighted by Crippen LogP contribution is -2.43. The average molecular weight is 339 g/mol. The summed E-state index contributed by atoms with van der Waals surface area (Å²) >= 11 is 5.94. The summed E-state index contributed by atoms with van der Waals surface area (Å²) in [5, 5.41) is 11.2. The molecule has 23 heavy (non-hydrogen) atoms. The molecule has 0 aromatic heterocycles. The Bertz CT molecular complexity index is 607. The molecule has 1 aliphatic heterocycles. The van der Waals surface area contributed by atoms with Gasteiger partial charge in [-0.25, -0.2) is 9.79 Å². The van der Waals surface area contributed by atoms with E-state index in [1.165, 1.54) is 0 Å². The summed E-state index contributed by atoms with van der Waals surface area (Å²) in [7, 11) is 0. The van der Waals surface area contributed by atoms with Crippen molar-refractivity contribution in [2.75, 3.05) is 18.1 Å². The number of carbonyl (C=O) groups is 1. The first-order valence-electron chi connectivity index (χ1n) is 7.66. The number of carbonyl (C=O) groups excluding carboxylic acids is 1. The molecule has 0 saturated carbocycles. The van der Waals surface area contributed by atoms with Crippen molar-refractivity contribution in [2.24, 2.45) is 10.4 Å². The molecule has 2 rings (SSSR count). The fourth-order valence-electron chi connectivity index (χ4n) is 2.45. The van der Waals surface area contributed by atoms with Gasteiger partial charge in [0, 0.05) is 17.1 Å². The summed E-state index contributed by atoms with van der Waals surface area (Å²) in [5.41, 5.74) is -1.07. The van der Waals surface area contributed by atoms with Crippen molar-refractivity contribution in [1.29, 1.82) is 0 Å². The van der Waals surface area contributed by atoms with Gasteiger partial charge in [0.2, 0.25) is 0 Å². The van der Waals surface area contributed by atoms with Gasteiger partial charge in [-0.15, -0.1) is 0 Å². The van der Waals surface area contributed by atoms with Crippen LogP contribution in [0.25, 0.3) is 0 Å². The predicted octanol–water partition coefficient (Wildman–Crippen LogP) is 3.25. The highest BCUT2D eigenvalue weighted by Gasteiger charge is 2.46. The summed E-state index contributed by atoms with van der Waals surface area (Å²) in [5.74, 6) is -0.0572. The molecule has 1 unspecified atom stereocenters. The van der Waals surface area contributed by atoms with E-state index in [4.69, 9.17) is 16.3 Å². The number of benzene rings is 1. The number of halogens is 1. The van der Waals surface area contributed by atoms with Crippen LogP contribution < -0.4 is 4.90 Å². The third-order valence-electron chi connectivity index (χ3n) is 3.43. The number of hydrogen-bond donors (Lipinski definition) is 1. The Morgan fingerprint density at radius 3 is 2.52 bits per heavy atom. The molecule has 0 radical (unpaired) electrons. The van der Waals surface area contributed by atoms with Crippen molar-refractivity contribution in [2.45, 2.75) is 39.8 Å². The van der Waals surface area contributed by atoms with E-state index < -0.39 is 11.7 Å². The van der Waals surface area contributed by atoms with Crippen molar-refractivity contribution in [3.05, 3.63) is 29.3 Å². The SMILES string of the molecule is CCOC(=O)C1(O)CN(c2ccc(Cl)cc2)C(CC(C)(C)C)=N1. The number of hydrogen-bond acceptors (Lipinski definition) is 5.